The first-order chi connectivity index (χ1) is 8.71. The molecule has 0 radical (unpaired) electrons. The summed E-state index contributed by atoms with van der Waals surface area (Å²) in [5.74, 6) is -6.37. The second-order valence-electron chi connectivity index (χ2n) is 3.33. The van der Waals surface area contributed by atoms with E-state index in [9.17, 15) is 48.3 Å². The lowest BCUT2D eigenvalue weighted by molar-refractivity contribution is -0.472. The van der Waals surface area contributed by atoms with Crippen LogP contribution in [-0.2, 0) is 4.74 Å². The fourth-order valence-corrected chi connectivity index (χ4v) is 1.01. The van der Waals surface area contributed by atoms with Gasteiger partial charge in [0, 0.05) is 0 Å². The molecule has 0 heterocycles. The first kappa shape index (κ1) is 20.7. The van der Waals surface area contributed by atoms with Gasteiger partial charge in [-0.15, -0.1) is 0 Å². The van der Waals surface area contributed by atoms with Crippen molar-refractivity contribution >= 4 is 23.2 Å². The predicted octanol–water partition coefficient (Wildman–Crippen LogP) is 4.15. The van der Waals surface area contributed by atoms with Crippen LogP contribution in [-0.4, -0.2) is 39.9 Å². The summed E-state index contributed by atoms with van der Waals surface area (Å²) in [5, 5.41) is -3.98. The van der Waals surface area contributed by atoms with Crippen molar-refractivity contribution in [3.05, 3.63) is 0 Å². The summed E-state index contributed by atoms with van der Waals surface area (Å²) in [6.07, 6.45) is -20.6. The number of rotatable bonds is 3. The summed E-state index contributed by atoms with van der Waals surface area (Å²) < 4.78 is 137. The van der Waals surface area contributed by atoms with E-state index < -0.39 is 34.8 Å². The van der Waals surface area contributed by atoms with Crippen molar-refractivity contribution in [3.8, 4) is 0 Å². The van der Waals surface area contributed by atoms with Crippen LogP contribution in [0.15, 0.2) is 0 Å². The SMILES string of the molecule is OC(OC(Cl)(C(F)(F)F)C(F)(F)F)(C(F)(F)F)C(F)(F)Cl. The summed E-state index contributed by atoms with van der Waals surface area (Å²) >= 11 is 7.57. The minimum atomic E-state index is -6.85. The molecule has 21 heavy (non-hydrogen) atoms. The quantitative estimate of drug-likeness (QED) is 0.450. The Bertz CT molecular complexity index is 314. The topological polar surface area (TPSA) is 29.5 Å². The monoisotopic (exact) mass is 384 g/mol. The maximum absolute atomic E-state index is 12.5. The third kappa shape index (κ3) is 3.56. The molecule has 0 rings (SSSR count). The Kier molecular flexibility index (Phi) is 5.06. The standard InChI is InChI=1S/C6HCl2F11O2/c7-1(4(11,12)13,5(14,15)16)21-2(20,3(8,9)10)6(17,18)19/h20H. The Labute approximate surface area is 117 Å². The van der Waals surface area contributed by atoms with Crippen molar-refractivity contribution in [2.24, 2.45) is 0 Å². The highest BCUT2D eigenvalue weighted by Gasteiger charge is 2.81. The molecule has 0 saturated carbocycles. The van der Waals surface area contributed by atoms with E-state index in [1.165, 1.54) is 0 Å². The number of alkyl halides is 13. The van der Waals surface area contributed by atoms with E-state index in [0.29, 0.717) is 0 Å². The predicted molar refractivity (Wildman–Crippen MR) is 43.6 cm³/mol. The average Bonchev–Trinajstić information content (AvgIpc) is 2.09. The van der Waals surface area contributed by atoms with Crippen LogP contribution in [0.25, 0.3) is 0 Å². The highest BCUT2D eigenvalue weighted by Crippen LogP contribution is 2.55. The van der Waals surface area contributed by atoms with Crippen molar-refractivity contribution in [3.63, 3.8) is 0 Å². The van der Waals surface area contributed by atoms with Gasteiger partial charge in [-0.2, -0.15) is 48.3 Å². The molecule has 1 atom stereocenters. The van der Waals surface area contributed by atoms with E-state index in [1.807, 2.05) is 0 Å². The van der Waals surface area contributed by atoms with E-state index >= 15 is 0 Å². The van der Waals surface area contributed by atoms with Crippen LogP contribution in [0.1, 0.15) is 0 Å². The molecule has 0 fully saturated rings. The first-order valence-electron chi connectivity index (χ1n) is 4.09. The minimum Gasteiger partial charge on any atom is -0.353 e. The summed E-state index contributed by atoms with van der Waals surface area (Å²) in [6, 6.07) is 0. The molecule has 0 aromatic heterocycles. The molecule has 0 aromatic carbocycles. The van der Waals surface area contributed by atoms with E-state index in [1.54, 1.807) is 0 Å². The van der Waals surface area contributed by atoms with Gasteiger partial charge < -0.3 is 5.11 Å². The molecular weight excluding hydrogens is 384 g/mol. The lowest BCUT2D eigenvalue weighted by atomic mass is 10.2. The lowest BCUT2D eigenvalue weighted by Crippen LogP contribution is -2.67. The number of aliphatic hydroxyl groups is 1. The van der Waals surface area contributed by atoms with Crippen molar-refractivity contribution in [2.45, 2.75) is 34.8 Å². The Hall–Kier alpha value is -0.270. The fraction of sp³-hybridized carbons (Fsp3) is 1.00. The molecule has 0 aliphatic carbocycles. The lowest BCUT2D eigenvalue weighted by Gasteiger charge is -2.40. The smallest absolute Gasteiger partial charge is 0.353 e. The van der Waals surface area contributed by atoms with Crippen LogP contribution in [0.2, 0.25) is 0 Å². The molecule has 0 aliphatic heterocycles. The van der Waals surface area contributed by atoms with Gasteiger partial charge in [0.1, 0.15) is 0 Å². The normalized spacial score (nSPS) is 18.6. The Morgan fingerprint density at radius 2 is 0.905 bits per heavy atom. The molecule has 1 unspecified atom stereocenters. The molecule has 0 bridgehead atoms. The van der Waals surface area contributed by atoms with Gasteiger partial charge in [0.2, 0.25) is 0 Å². The summed E-state index contributed by atoms with van der Waals surface area (Å²) in [5.41, 5.74) is 0. The molecular formula is C6HCl2F11O2. The Morgan fingerprint density at radius 1 is 0.619 bits per heavy atom. The summed E-state index contributed by atoms with van der Waals surface area (Å²) in [4.78, 5) is 0. The highest BCUT2D eigenvalue weighted by atomic mass is 35.5. The second-order valence-corrected chi connectivity index (χ2v) is 4.34. The number of hydrogen-bond acceptors (Lipinski definition) is 2. The van der Waals surface area contributed by atoms with Crippen LogP contribution in [0.5, 0.6) is 0 Å². The zero-order valence-corrected chi connectivity index (χ0v) is 10.3. The van der Waals surface area contributed by atoms with Gasteiger partial charge in [-0.05, 0) is 11.6 Å². The zero-order valence-electron chi connectivity index (χ0n) is 8.77. The molecule has 2 nitrogen and oxygen atoms in total. The van der Waals surface area contributed by atoms with E-state index in [4.69, 9.17) is 5.11 Å². The molecule has 0 aliphatic rings. The third-order valence-corrected chi connectivity index (χ3v) is 2.55. The molecule has 0 spiro atoms. The Morgan fingerprint density at radius 3 is 1.05 bits per heavy atom. The molecule has 0 amide bonds. The average molecular weight is 385 g/mol. The van der Waals surface area contributed by atoms with Crippen molar-refractivity contribution in [1.29, 1.82) is 0 Å². The van der Waals surface area contributed by atoms with Crippen LogP contribution in [0.4, 0.5) is 48.3 Å². The van der Waals surface area contributed by atoms with Crippen LogP contribution in [0, 0.1) is 0 Å². The van der Waals surface area contributed by atoms with Gasteiger partial charge in [0.05, 0.1) is 0 Å². The summed E-state index contributed by atoms with van der Waals surface area (Å²) in [7, 11) is 0. The third-order valence-electron chi connectivity index (χ3n) is 1.79. The van der Waals surface area contributed by atoms with Crippen LogP contribution < -0.4 is 0 Å². The number of ether oxygens (including phenoxy) is 1. The van der Waals surface area contributed by atoms with Crippen LogP contribution >= 0.6 is 23.2 Å². The fourth-order valence-electron chi connectivity index (χ4n) is 0.756. The van der Waals surface area contributed by atoms with Crippen molar-refractivity contribution in [1.82, 2.24) is 0 Å². The van der Waals surface area contributed by atoms with Crippen molar-refractivity contribution in [2.75, 3.05) is 0 Å². The van der Waals surface area contributed by atoms with Crippen molar-refractivity contribution < 1.29 is 58.1 Å². The van der Waals surface area contributed by atoms with Gasteiger partial charge in [0.25, 0.3) is 0 Å². The van der Waals surface area contributed by atoms with E-state index in [0.717, 1.165) is 0 Å². The van der Waals surface area contributed by atoms with Crippen LogP contribution in [0.3, 0.4) is 0 Å². The van der Waals surface area contributed by atoms with Gasteiger partial charge in [-0.25, -0.2) is 0 Å². The number of halogens is 13. The highest BCUT2D eigenvalue weighted by molar-refractivity contribution is 6.24. The van der Waals surface area contributed by atoms with E-state index in [2.05, 4.69) is 27.9 Å². The summed E-state index contributed by atoms with van der Waals surface area (Å²) in [6.45, 7) is 0. The first-order valence-corrected chi connectivity index (χ1v) is 4.84. The largest absolute Gasteiger partial charge is 0.451 e. The molecule has 128 valence electrons. The minimum absolute atomic E-state index is 2.15. The van der Waals surface area contributed by atoms with Gasteiger partial charge in [-0.3, -0.25) is 4.74 Å². The Balaban J connectivity index is 6.15. The van der Waals surface area contributed by atoms with Gasteiger partial charge in [0.15, 0.2) is 0 Å². The maximum Gasteiger partial charge on any atom is 0.451 e. The van der Waals surface area contributed by atoms with Gasteiger partial charge in [-0.1, -0.05) is 11.6 Å². The van der Waals surface area contributed by atoms with Gasteiger partial charge >= 0.3 is 34.8 Å². The molecule has 0 saturated heterocycles. The zero-order chi connectivity index (χ0) is 17.7. The van der Waals surface area contributed by atoms with E-state index in [-0.39, 0.29) is 0 Å². The maximum atomic E-state index is 12.5. The number of hydrogen-bond donors (Lipinski definition) is 1. The second kappa shape index (κ2) is 5.13. The molecule has 0 aromatic rings. The molecule has 15 heteroatoms. The molecule has 1 N–H and O–H groups in total.